The van der Waals surface area contributed by atoms with Crippen LogP contribution in [0.2, 0.25) is 0 Å². The van der Waals surface area contributed by atoms with Crippen LogP contribution in [0, 0.1) is 5.82 Å². The van der Waals surface area contributed by atoms with E-state index < -0.39 is 5.82 Å². The number of hydrogen-bond donors (Lipinski definition) is 0. The Morgan fingerprint density at radius 1 is 1.24 bits per heavy atom. The van der Waals surface area contributed by atoms with Crippen molar-refractivity contribution >= 4 is 5.78 Å². The van der Waals surface area contributed by atoms with Crippen LogP contribution >= 0.6 is 0 Å². The highest BCUT2D eigenvalue weighted by atomic mass is 19.1. The Bertz CT molecular complexity index is 433. The molecule has 0 N–H and O–H groups in total. The van der Waals surface area contributed by atoms with Gasteiger partial charge in [-0.1, -0.05) is 26.0 Å². The molecule has 4 heteroatoms. The van der Waals surface area contributed by atoms with Gasteiger partial charge >= 0.3 is 0 Å². The molecule has 0 amide bonds. The van der Waals surface area contributed by atoms with Crippen LogP contribution < -0.4 is 0 Å². The van der Waals surface area contributed by atoms with Crippen molar-refractivity contribution in [3.63, 3.8) is 0 Å². The van der Waals surface area contributed by atoms with Gasteiger partial charge in [0.15, 0.2) is 5.78 Å². The Kier molecular flexibility index (Phi) is 8.16. The number of Topliss-reactive ketones (excluding diaryl/α,β-unsaturated/α-hetero) is 1. The molecule has 0 aliphatic rings. The topological polar surface area (TPSA) is 29.5 Å². The summed E-state index contributed by atoms with van der Waals surface area (Å²) in [5.74, 6) is -0.574. The first-order chi connectivity index (χ1) is 10.1. The molecule has 0 unspecified atom stereocenters. The molecule has 0 aromatic heterocycles. The zero-order chi connectivity index (χ0) is 15.7. The Morgan fingerprint density at radius 2 is 1.90 bits per heavy atom. The summed E-state index contributed by atoms with van der Waals surface area (Å²) in [6.45, 7) is 6.37. The molecule has 0 bridgehead atoms. The van der Waals surface area contributed by atoms with Crippen molar-refractivity contribution in [2.24, 2.45) is 0 Å². The first kappa shape index (κ1) is 17.8. The molecule has 118 valence electrons. The highest BCUT2D eigenvalue weighted by Crippen LogP contribution is 2.13. The first-order valence-corrected chi connectivity index (χ1v) is 7.64. The van der Waals surface area contributed by atoms with E-state index in [1.54, 1.807) is 25.3 Å². The van der Waals surface area contributed by atoms with Crippen molar-refractivity contribution in [3.05, 3.63) is 35.6 Å². The fourth-order valence-corrected chi connectivity index (χ4v) is 2.56. The molecule has 0 heterocycles. The highest BCUT2D eigenvalue weighted by Gasteiger charge is 2.17. The number of ketones is 1. The first-order valence-electron chi connectivity index (χ1n) is 7.64. The monoisotopic (exact) mass is 295 g/mol. The largest absolute Gasteiger partial charge is 0.383 e. The minimum atomic E-state index is -0.437. The molecule has 21 heavy (non-hydrogen) atoms. The van der Waals surface area contributed by atoms with E-state index in [4.69, 9.17) is 4.74 Å². The van der Waals surface area contributed by atoms with Crippen LogP contribution in [0.25, 0.3) is 0 Å². The van der Waals surface area contributed by atoms with Gasteiger partial charge < -0.3 is 4.74 Å². The Balaban J connectivity index is 2.63. The number of rotatable bonds is 10. The van der Waals surface area contributed by atoms with Crippen LogP contribution in [0.1, 0.15) is 43.5 Å². The number of halogens is 1. The normalized spacial score (nSPS) is 11.3. The lowest BCUT2D eigenvalue weighted by Crippen LogP contribution is -2.38. The summed E-state index contributed by atoms with van der Waals surface area (Å²) in [5, 5.41) is 0. The van der Waals surface area contributed by atoms with Crippen LogP contribution in [0.3, 0.4) is 0 Å². The maximum atomic E-state index is 13.6. The fraction of sp³-hybridized carbons (Fsp3) is 0.588. The maximum Gasteiger partial charge on any atom is 0.167 e. The smallest absolute Gasteiger partial charge is 0.167 e. The van der Waals surface area contributed by atoms with Gasteiger partial charge in [-0.15, -0.1) is 0 Å². The number of methoxy groups -OCH3 is 1. The van der Waals surface area contributed by atoms with Gasteiger partial charge in [-0.3, -0.25) is 9.69 Å². The zero-order valence-electron chi connectivity index (χ0n) is 13.3. The van der Waals surface area contributed by atoms with E-state index in [1.807, 2.05) is 0 Å². The van der Waals surface area contributed by atoms with Crippen molar-refractivity contribution in [1.29, 1.82) is 0 Å². The number of hydrogen-bond acceptors (Lipinski definition) is 3. The summed E-state index contributed by atoms with van der Waals surface area (Å²) in [4.78, 5) is 14.4. The summed E-state index contributed by atoms with van der Waals surface area (Å²) in [6.07, 6.45) is 2.41. The molecule has 0 saturated heterocycles. The maximum absolute atomic E-state index is 13.6. The minimum Gasteiger partial charge on any atom is -0.383 e. The van der Waals surface area contributed by atoms with Crippen LogP contribution in [0.15, 0.2) is 24.3 Å². The second kappa shape index (κ2) is 9.64. The molecule has 1 aromatic rings. The summed E-state index contributed by atoms with van der Waals surface area (Å²) in [5.41, 5.74) is 0.189. The Morgan fingerprint density at radius 3 is 2.48 bits per heavy atom. The summed E-state index contributed by atoms with van der Waals surface area (Å²) >= 11 is 0. The van der Waals surface area contributed by atoms with Crippen LogP contribution in [0.4, 0.5) is 4.39 Å². The zero-order valence-corrected chi connectivity index (χ0v) is 13.3. The van der Waals surface area contributed by atoms with Gasteiger partial charge in [-0.2, -0.15) is 0 Å². The van der Waals surface area contributed by atoms with Gasteiger partial charge in [0.05, 0.1) is 12.2 Å². The third-order valence-corrected chi connectivity index (χ3v) is 3.84. The van der Waals surface area contributed by atoms with Crippen molar-refractivity contribution in [2.75, 3.05) is 26.8 Å². The van der Waals surface area contributed by atoms with Gasteiger partial charge in [-0.05, 0) is 25.0 Å². The third-order valence-electron chi connectivity index (χ3n) is 3.84. The van der Waals surface area contributed by atoms with E-state index >= 15 is 0 Å². The number of carbonyl (C=O) groups excluding carboxylic acids is 1. The third kappa shape index (κ3) is 5.56. The number of carbonyl (C=O) groups is 1. The van der Waals surface area contributed by atoms with E-state index in [0.29, 0.717) is 25.6 Å². The second-order valence-electron chi connectivity index (χ2n) is 5.15. The Labute approximate surface area is 127 Å². The molecule has 0 radical (unpaired) electrons. The minimum absolute atomic E-state index is 0.138. The van der Waals surface area contributed by atoms with Crippen molar-refractivity contribution in [1.82, 2.24) is 4.90 Å². The molecule has 0 fully saturated rings. The second-order valence-corrected chi connectivity index (χ2v) is 5.15. The SMILES string of the molecule is CCC(CC)N(CCOC)CCC(=O)c1ccccc1F. The lowest BCUT2D eigenvalue weighted by Gasteiger charge is -2.30. The average molecular weight is 295 g/mol. The van der Waals surface area contributed by atoms with E-state index in [2.05, 4.69) is 18.7 Å². The van der Waals surface area contributed by atoms with Crippen molar-refractivity contribution in [2.45, 2.75) is 39.2 Å². The molecular formula is C17H26FNO2. The molecule has 0 aliphatic heterocycles. The molecule has 3 nitrogen and oxygen atoms in total. The number of ether oxygens (including phenoxy) is 1. The van der Waals surface area contributed by atoms with E-state index in [0.717, 1.165) is 19.4 Å². The predicted octanol–water partition coefficient (Wildman–Crippen LogP) is 3.54. The summed E-state index contributed by atoms with van der Waals surface area (Å²) in [7, 11) is 1.68. The van der Waals surface area contributed by atoms with Crippen LogP contribution in [0.5, 0.6) is 0 Å². The highest BCUT2D eigenvalue weighted by molar-refractivity contribution is 5.96. The van der Waals surface area contributed by atoms with Gasteiger partial charge in [-0.25, -0.2) is 4.39 Å². The van der Waals surface area contributed by atoms with Crippen LogP contribution in [-0.4, -0.2) is 43.5 Å². The molecule has 0 atom stereocenters. The Hall–Kier alpha value is -1.26. The van der Waals surface area contributed by atoms with E-state index in [1.165, 1.54) is 6.07 Å². The average Bonchev–Trinajstić information content (AvgIpc) is 2.50. The molecular weight excluding hydrogens is 269 g/mol. The standard InChI is InChI=1S/C17H26FNO2/c1-4-14(5-2)19(12-13-21-3)11-10-17(20)15-8-6-7-9-16(15)18/h6-9,14H,4-5,10-13H2,1-3H3. The summed E-state index contributed by atoms with van der Waals surface area (Å²) < 4.78 is 18.7. The fourth-order valence-electron chi connectivity index (χ4n) is 2.56. The van der Waals surface area contributed by atoms with Gasteiger partial charge in [0.2, 0.25) is 0 Å². The molecule has 0 spiro atoms. The lowest BCUT2D eigenvalue weighted by atomic mass is 10.1. The van der Waals surface area contributed by atoms with E-state index in [9.17, 15) is 9.18 Å². The number of nitrogens with zero attached hydrogens (tertiary/aromatic N) is 1. The molecule has 1 aromatic carbocycles. The van der Waals surface area contributed by atoms with Gasteiger partial charge in [0.1, 0.15) is 5.82 Å². The quantitative estimate of drug-likeness (QED) is 0.618. The van der Waals surface area contributed by atoms with Gasteiger partial charge in [0.25, 0.3) is 0 Å². The predicted molar refractivity (Wildman–Crippen MR) is 83.2 cm³/mol. The van der Waals surface area contributed by atoms with Crippen LogP contribution in [-0.2, 0) is 4.74 Å². The van der Waals surface area contributed by atoms with E-state index in [-0.39, 0.29) is 11.3 Å². The number of benzene rings is 1. The van der Waals surface area contributed by atoms with Crippen molar-refractivity contribution in [3.8, 4) is 0 Å². The van der Waals surface area contributed by atoms with Gasteiger partial charge in [0, 0.05) is 32.7 Å². The molecule has 0 saturated carbocycles. The lowest BCUT2D eigenvalue weighted by molar-refractivity contribution is 0.0895. The molecule has 0 aliphatic carbocycles. The molecule has 1 rings (SSSR count). The van der Waals surface area contributed by atoms with Crippen molar-refractivity contribution < 1.29 is 13.9 Å². The summed E-state index contributed by atoms with van der Waals surface area (Å²) in [6, 6.07) is 6.61.